The molecule has 3 N–H and O–H groups in total. The van der Waals surface area contributed by atoms with Crippen LogP contribution in [0.15, 0.2) is 6.07 Å². The molecule has 0 unspecified atom stereocenters. The largest absolute Gasteiger partial charge is 0.392 e. The number of aliphatic hydroxyl groups excluding tert-OH is 1. The van der Waals surface area contributed by atoms with E-state index in [4.69, 9.17) is 0 Å². The summed E-state index contributed by atoms with van der Waals surface area (Å²) in [5, 5.41) is 20.1. The maximum absolute atomic E-state index is 12.6. The molecule has 0 saturated carbocycles. The molecule has 7 heteroatoms. The number of piperidine rings is 2. The Hall–Kier alpha value is -1.89. The third-order valence-electron chi connectivity index (χ3n) is 4.84. The van der Waals surface area contributed by atoms with Crippen LogP contribution in [0.2, 0.25) is 0 Å². The zero-order valence-corrected chi connectivity index (χ0v) is 12.8. The number of likely N-dealkylation sites (tertiary alicyclic amines) is 1. The quantitative estimate of drug-likeness (QED) is 0.720. The van der Waals surface area contributed by atoms with Crippen LogP contribution in [0.25, 0.3) is 0 Å². The van der Waals surface area contributed by atoms with E-state index < -0.39 is 11.5 Å². The molecule has 7 nitrogen and oxygen atoms in total. The molecule has 0 bridgehead atoms. The number of H-pyrrole nitrogens is 1. The van der Waals surface area contributed by atoms with Crippen molar-refractivity contribution in [1.29, 1.82) is 0 Å². The molecule has 1 aromatic heterocycles. The number of rotatable bonds is 2. The van der Waals surface area contributed by atoms with Crippen LogP contribution in [0.1, 0.15) is 42.4 Å². The topological polar surface area (TPSA) is 98.3 Å². The van der Waals surface area contributed by atoms with Crippen molar-refractivity contribution >= 4 is 11.8 Å². The second-order valence-corrected chi connectivity index (χ2v) is 6.18. The van der Waals surface area contributed by atoms with Gasteiger partial charge in [0.05, 0.1) is 11.5 Å². The van der Waals surface area contributed by atoms with Crippen LogP contribution in [0.3, 0.4) is 0 Å². The molecule has 0 radical (unpaired) electrons. The molecule has 1 spiro atoms. The monoisotopic (exact) mass is 306 g/mol. The van der Waals surface area contributed by atoms with Crippen LogP contribution < -0.4 is 5.32 Å². The second-order valence-electron chi connectivity index (χ2n) is 6.18. The van der Waals surface area contributed by atoms with Crippen molar-refractivity contribution in [3.05, 3.63) is 17.5 Å². The number of nitrogens with one attached hydrogen (secondary N) is 2. The fraction of sp³-hybridized carbons (Fsp3) is 0.667. The molecule has 1 aromatic rings. The number of aliphatic hydroxyl groups is 1. The highest BCUT2D eigenvalue weighted by molar-refractivity contribution is 5.93. The number of carbonyl (C=O) groups excluding carboxylic acids is 2. The third-order valence-corrected chi connectivity index (χ3v) is 4.84. The van der Waals surface area contributed by atoms with Crippen LogP contribution in [-0.2, 0) is 11.2 Å². The van der Waals surface area contributed by atoms with Gasteiger partial charge >= 0.3 is 0 Å². The second kappa shape index (κ2) is 5.72. The first-order chi connectivity index (χ1) is 10.6. The lowest BCUT2D eigenvalue weighted by atomic mass is 9.71. The van der Waals surface area contributed by atoms with Gasteiger partial charge in [-0.15, -0.1) is 0 Å². The van der Waals surface area contributed by atoms with Crippen molar-refractivity contribution in [3.8, 4) is 0 Å². The molecule has 2 saturated heterocycles. The summed E-state index contributed by atoms with van der Waals surface area (Å²) < 4.78 is 0. The SMILES string of the molecule is CCc1cc(C(=O)N2CC[C@@H](O)[C@@]3(CCCNC3=O)C2)n[nH]1. The van der Waals surface area contributed by atoms with E-state index >= 15 is 0 Å². The van der Waals surface area contributed by atoms with E-state index in [-0.39, 0.29) is 18.4 Å². The van der Waals surface area contributed by atoms with Crippen molar-refractivity contribution in [2.75, 3.05) is 19.6 Å². The highest BCUT2D eigenvalue weighted by Crippen LogP contribution is 2.37. The number of amides is 2. The molecule has 2 aliphatic heterocycles. The molecule has 0 aliphatic carbocycles. The van der Waals surface area contributed by atoms with Gasteiger partial charge in [0.1, 0.15) is 5.69 Å². The van der Waals surface area contributed by atoms with Crippen LogP contribution in [0, 0.1) is 5.41 Å². The van der Waals surface area contributed by atoms with Gasteiger partial charge in [-0.3, -0.25) is 14.7 Å². The minimum Gasteiger partial charge on any atom is -0.392 e. The fourth-order valence-electron chi connectivity index (χ4n) is 3.43. The van der Waals surface area contributed by atoms with Crippen molar-refractivity contribution in [1.82, 2.24) is 20.4 Å². The molecule has 22 heavy (non-hydrogen) atoms. The summed E-state index contributed by atoms with van der Waals surface area (Å²) in [6.07, 6.45) is 1.95. The van der Waals surface area contributed by atoms with Crippen LogP contribution in [0.4, 0.5) is 0 Å². The maximum atomic E-state index is 12.6. The number of hydrogen-bond donors (Lipinski definition) is 3. The predicted octanol–water partition coefficient (Wildman–Crippen LogP) is 0.0753. The highest BCUT2D eigenvalue weighted by atomic mass is 16.3. The maximum Gasteiger partial charge on any atom is 0.274 e. The summed E-state index contributed by atoms with van der Waals surface area (Å²) in [6, 6.07) is 1.75. The van der Waals surface area contributed by atoms with E-state index in [0.717, 1.165) is 18.5 Å². The minimum atomic E-state index is -0.865. The Morgan fingerprint density at radius 3 is 3.09 bits per heavy atom. The summed E-state index contributed by atoms with van der Waals surface area (Å²) in [6.45, 7) is 3.33. The average molecular weight is 306 g/mol. The van der Waals surface area contributed by atoms with Crippen LogP contribution in [-0.4, -0.2) is 57.8 Å². The standard InChI is InChI=1S/C15H22N4O3/c1-2-10-8-11(18-17-10)13(21)19-7-4-12(20)15(9-19)5-3-6-16-14(15)22/h8,12,20H,2-7,9H2,1H3,(H,16,22)(H,17,18)/t12-,15-/m1/s1. The fourth-order valence-corrected chi connectivity index (χ4v) is 3.43. The van der Waals surface area contributed by atoms with Crippen LogP contribution in [0.5, 0.6) is 0 Å². The van der Waals surface area contributed by atoms with Gasteiger partial charge in [-0.25, -0.2) is 0 Å². The van der Waals surface area contributed by atoms with E-state index in [9.17, 15) is 14.7 Å². The van der Waals surface area contributed by atoms with Crippen molar-refractivity contribution < 1.29 is 14.7 Å². The lowest BCUT2D eigenvalue weighted by molar-refractivity contribution is -0.147. The summed E-state index contributed by atoms with van der Waals surface area (Å²) in [7, 11) is 0. The number of carbonyl (C=O) groups is 2. The molecular formula is C15H22N4O3. The highest BCUT2D eigenvalue weighted by Gasteiger charge is 2.50. The van der Waals surface area contributed by atoms with Gasteiger partial charge in [0.25, 0.3) is 5.91 Å². The summed E-state index contributed by atoms with van der Waals surface area (Å²) in [5.41, 5.74) is 0.417. The first-order valence-electron chi connectivity index (χ1n) is 7.87. The van der Waals surface area contributed by atoms with Crippen molar-refractivity contribution in [2.45, 2.75) is 38.7 Å². The number of hydrogen-bond acceptors (Lipinski definition) is 4. The van der Waals surface area contributed by atoms with Crippen molar-refractivity contribution in [2.24, 2.45) is 5.41 Å². The normalized spacial score (nSPS) is 28.7. The summed E-state index contributed by atoms with van der Waals surface area (Å²) >= 11 is 0. The predicted molar refractivity (Wildman–Crippen MR) is 79.2 cm³/mol. The molecule has 0 aromatic carbocycles. The van der Waals surface area contributed by atoms with Crippen molar-refractivity contribution in [3.63, 3.8) is 0 Å². The average Bonchev–Trinajstić information content (AvgIpc) is 3.01. The van der Waals surface area contributed by atoms with E-state index in [0.29, 0.717) is 31.6 Å². The number of aromatic amines is 1. The molecular weight excluding hydrogens is 284 g/mol. The smallest absolute Gasteiger partial charge is 0.274 e. The van der Waals surface area contributed by atoms with Gasteiger partial charge in [-0.2, -0.15) is 5.10 Å². The molecule has 2 aliphatic rings. The zero-order valence-electron chi connectivity index (χ0n) is 12.8. The lowest BCUT2D eigenvalue weighted by Gasteiger charge is -2.46. The van der Waals surface area contributed by atoms with Gasteiger partial charge in [-0.1, -0.05) is 6.92 Å². The Bertz CT molecular complexity index is 585. The summed E-state index contributed by atoms with van der Waals surface area (Å²) in [5.74, 6) is -0.319. The van der Waals surface area contributed by atoms with Gasteiger partial charge < -0.3 is 15.3 Å². The van der Waals surface area contributed by atoms with E-state index in [1.54, 1.807) is 11.0 Å². The third kappa shape index (κ3) is 2.39. The van der Waals surface area contributed by atoms with E-state index in [2.05, 4.69) is 15.5 Å². The minimum absolute atomic E-state index is 0.139. The molecule has 2 amide bonds. The van der Waals surface area contributed by atoms with Gasteiger partial charge in [-0.05, 0) is 31.7 Å². The Morgan fingerprint density at radius 2 is 2.41 bits per heavy atom. The van der Waals surface area contributed by atoms with Gasteiger partial charge in [0.2, 0.25) is 5.91 Å². The first-order valence-corrected chi connectivity index (χ1v) is 7.87. The molecule has 2 atom stereocenters. The molecule has 3 heterocycles. The van der Waals surface area contributed by atoms with Gasteiger partial charge in [0.15, 0.2) is 0 Å². The number of aryl methyl sites for hydroxylation is 1. The van der Waals surface area contributed by atoms with Crippen LogP contribution >= 0.6 is 0 Å². The lowest BCUT2D eigenvalue weighted by Crippen LogP contribution is -2.62. The number of nitrogens with zero attached hydrogens (tertiary/aromatic N) is 2. The molecule has 120 valence electrons. The van der Waals surface area contributed by atoms with Gasteiger partial charge in [0, 0.05) is 25.3 Å². The summed E-state index contributed by atoms with van der Waals surface area (Å²) in [4.78, 5) is 26.6. The molecule has 2 fully saturated rings. The van der Waals surface area contributed by atoms with E-state index in [1.165, 1.54) is 0 Å². The Balaban J connectivity index is 1.80. The van der Waals surface area contributed by atoms with E-state index in [1.807, 2.05) is 6.92 Å². The Kier molecular flexibility index (Phi) is 3.90. The Labute approximate surface area is 129 Å². The molecule has 3 rings (SSSR count). The first kappa shape index (κ1) is 15.0. The zero-order chi connectivity index (χ0) is 15.7. The number of aromatic nitrogens is 2. The Morgan fingerprint density at radius 1 is 1.59 bits per heavy atom.